The van der Waals surface area contributed by atoms with Gasteiger partial charge < -0.3 is 10.2 Å². The van der Waals surface area contributed by atoms with E-state index in [-0.39, 0.29) is 5.02 Å². The first-order valence-electron chi connectivity index (χ1n) is 7.05. The number of hydrogen-bond acceptors (Lipinski definition) is 3. The summed E-state index contributed by atoms with van der Waals surface area (Å²) in [7, 11) is 0. The van der Waals surface area contributed by atoms with Gasteiger partial charge in [-0.25, -0.2) is 4.98 Å². The molecule has 0 saturated carbocycles. The molecule has 1 aromatic rings. The Labute approximate surface area is 127 Å². The molecule has 1 aliphatic heterocycles. The number of alkyl halides is 3. The van der Waals surface area contributed by atoms with Gasteiger partial charge in [0.25, 0.3) is 0 Å². The van der Waals surface area contributed by atoms with Crippen molar-refractivity contribution in [3.8, 4) is 0 Å². The lowest BCUT2D eigenvalue weighted by molar-refractivity contribution is -0.137. The molecule has 1 fully saturated rings. The van der Waals surface area contributed by atoms with E-state index in [1.165, 1.54) is 12.8 Å². The van der Waals surface area contributed by atoms with Gasteiger partial charge in [0.1, 0.15) is 5.82 Å². The third-order valence-electron chi connectivity index (χ3n) is 3.77. The topological polar surface area (TPSA) is 28.2 Å². The van der Waals surface area contributed by atoms with Crippen molar-refractivity contribution in [2.24, 2.45) is 5.92 Å². The number of piperidine rings is 1. The van der Waals surface area contributed by atoms with Crippen molar-refractivity contribution in [3.05, 3.63) is 22.8 Å². The van der Waals surface area contributed by atoms with Crippen LogP contribution in [0.2, 0.25) is 5.02 Å². The number of likely N-dealkylation sites (tertiary alicyclic amines) is 1. The molecular formula is C14H19ClF3N3. The van der Waals surface area contributed by atoms with Gasteiger partial charge in [0.15, 0.2) is 0 Å². The van der Waals surface area contributed by atoms with E-state index in [0.29, 0.717) is 12.4 Å². The molecule has 118 valence electrons. The lowest BCUT2D eigenvalue weighted by atomic mass is 9.99. The highest BCUT2D eigenvalue weighted by atomic mass is 35.5. The second kappa shape index (κ2) is 6.83. The Morgan fingerprint density at radius 3 is 2.62 bits per heavy atom. The summed E-state index contributed by atoms with van der Waals surface area (Å²) in [4.78, 5) is 6.10. The number of hydrogen-bond donors (Lipinski definition) is 1. The summed E-state index contributed by atoms with van der Waals surface area (Å²) < 4.78 is 37.5. The second-order valence-electron chi connectivity index (χ2n) is 5.50. The quantitative estimate of drug-likeness (QED) is 0.911. The molecule has 0 radical (unpaired) electrons. The largest absolute Gasteiger partial charge is 0.417 e. The Kier molecular flexibility index (Phi) is 5.32. The smallest absolute Gasteiger partial charge is 0.368 e. The molecule has 0 aromatic carbocycles. The molecule has 0 amide bonds. The highest BCUT2D eigenvalue weighted by Gasteiger charge is 2.31. The molecule has 0 bridgehead atoms. The molecule has 0 aliphatic carbocycles. The van der Waals surface area contributed by atoms with E-state index in [9.17, 15) is 13.2 Å². The molecule has 1 N–H and O–H groups in total. The zero-order valence-corrected chi connectivity index (χ0v) is 12.6. The maximum Gasteiger partial charge on any atom is 0.417 e. The van der Waals surface area contributed by atoms with Crippen molar-refractivity contribution in [2.75, 3.05) is 31.5 Å². The van der Waals surface area contributed by atoms with E-state index in [4.69, 9.17) is 11.6 Å². The first-order valence-corrected chi connectivity index (χ1v) is 7.43. The summed E-state index contributed by atoms with van der Waals surface area (Å²) in [5, 5.41) is 3.00. The summed E-state index contributed by atoms with van der Waals surface area (Å²) in [5.74, 6) is 1.08. The molecule has 0 atom stereocenters. The number of halogens is 4. The van der Waals surface area contributed by atoms with E-state index >= 15 is 0 Å². The van der Waals surface area contributed by atoms with Crippen LogP contribution in [0.15, 0.2) is 12.3 Å². The van der Waals surface area contributed by atoms with Crippen molar-refractivity contribution in [3.63, 3.8) is 0 Å². The third-order valence-corrected chi connectivity index (χ3v) is 4.05. The van der Waals surface area contributed by atoms with Gasteiger partial charge in [-0.15, -0.1) is 0 Å². The van der Waals surface area contributed by atoms with Crippen molar-refractivity contribution in [1.82, 2.24) is 9.88 Å². The fourth-order valence-electron chi connectivity index (χ4n) is 2.34. The molecular weight excluding hydrogens is 303 g/mol. The molecule has 2 heterocycles. The number of pyridine rings is 1. The Hall–Kier alpha value is -1.01. The zero-order chi connectivity index (χ0) is 15.5. The summed E-state index contributed by atoms with van der Waals surface area (Å²) >= 11 is 5.84. The van der Waals surface area contributed by atoms with Crippen LogP contribution < -0.4 is 5.32 Å². The van der Waals surface area contributed by atoms with Crippen LogP contribution in [0.1, 0.15) is 25.3 Å². The first-order chi connectivity index (χ1) is 9.86. The summed E-state index contributed by atoms with van der Waals surface area (Å²) in [6.45, 7) is 5.84. The standard InChI is InChI=1S/C14H19ClF3N3/c1-10-2-5-21(6-3-10)7-4-19-13-12(15)8-11(9-20-13)14(16,17)18/h8-10H,2-7H2,1H3,(H,19,20). The first kappa shape index (κ1) is 16.4. The maximum atomic E-state index is 12.5. The predicted molar refractivity (Wildman–Crippen MR) is 77.6 cm³/mol. The van der Waals surface area contributed by atoms with Crippen molar-refractivity contribution < 1.29 is 13.2 Å². The van der Waals surface area contributed by atoms with Crippen molar-refractivity contribution >= 4 is 17.4 Å². The number of rotatable bonds is 4. The van der Waals surface area contributed by atoms with Crippen LogP contribution in [-0.4, -0.2) is 36.1 Å². The van der Waals surface area contributed by atoms with Gasteiger partial charge in [-0.05, 0) is 37.9 Å². The van der Waals surface area contributed by atoms with Gasteiger partial charge in [0.05, 0.1) is 10.6 Å². The molecule has 7 heteroatoms. The van der Waals surface area contributed by atoms with Crippen LogP contribution in [-0.2, 0) is 6.18 Å². The highest BCUT2D eigenvalue weighted by Crippen LogP contribution is 2.32. The molecule has 2 rings (SSSR count). The fraction of sp³-hybridized carbons (Fsp3) is 0.643. The Morgan fingerprint density at radius 1 is 1.38 bits per heavy atom. The number of nitrogens with zero attached hydrogens (tertiary/aromatic N) is 2. The number of nitrogens with one attached hydrogen (secondary N) is 1. The molecule has 0 unspecified atom stereocenters. The van der Waals surface area contributed by atoms with Crippen LogP contribution in [0.25, 0.3) is 0 Å². The van der Waals surface area contributed by atoms with Gasteiger partial charge in [-0.3, -0.25) is 0 Å². The van der Waals surface area contributed by atoms with Crippen LogP contribution in [0, 0.1) is 5.92 Å². The van der Waals surface area contributed by atoms with Crippen LogP contribution in [0.5, 0.6) is 0 Å². The van der Waals surface area contributed by atoms with E-state index < -0.39 is 11.7 Å². The van der Waals surface area contributed by atoms with Crippen LogP contribution >= 0.6 is 11.6 Å². The Bertz CT molecular complexity index is 471. The fourth-order valence-corrected chi connectivity index (χ4v) is 2.57. The minimum Gasteiger partial charge on any atom is -0.368 e. The minimum atomic E-state index is -4.42. The van der Waals surface area contributed by atoms with Gasteiger partial charge in [0.2, 0.25) is 0 Å². The normalized spacial score (nSPS) is 18.0. The SMILES string of the molecule is CC1CCN(CCNc2ncc(C(F)(F)F)cc2Cl)CC1. The molecule has 1 saturated heterocycles. The van der Waals surface area contributed by atoms with E-state index in [1.54, 1.807) is 0 Å². The Morgan fingerprint density at radius 2 is 2.05 bits per heavy atom. The monoisotopic (exact) mass is 321 g/mol. The Balaban J connectivity index is 1.83. The van der Waals surface area contributed by atoms with Crippen molar-refractivity contribution in [1.29, 1.82) is 0 Å². The molecule has 0 spiro atoms. The van der Waals surface area contributed by atoms with Crippen LogP contribution in [0.4, 0.5) is 19.0 Å². The van der Waals surface area contributed by atoms with E-state index in [0.717, 1.165) is 37.8 Å². The number of anilines is 1. The number of aromatic nitrogens is 1. The van der Waals surface area contributed by atoms with E-state index in [2.05, 4.69) is 22.1 Å². The third kappa shape index (κ3) is 4.74. The maximum absolute atomic E-state index is 12.5. The molecule has 21 heavy (non-hydrogen) atoms. The predicted octanol–water partition coefficient (Wildman–Crippen LogP) is 3.90. The van der Waals surface area contributed by atoms with Gasteiger partial charge in [0, 0.05) is 19.3 Å². The van der Waals surface area contributed by atoms with Crippen molar-refractivity contribution in [2.45, 2.75) is 25.9 Å². The van der Waals surface area contributed by atoms with Gasteiger partial charge in [-0.1, -0.05) is 18.5 Å². The molecule has 1 aliphatic rings. The second-order valence-corrected chi connectivity index (χ2v) is 5.91. The van der Waals surface area contributed by atoms with Gasteiger partial charge in [-0.2, -0.15) is 13.2 Å². The summed E-state index contributed by atoms with van der Waals surface area (Å²) in [6.07, 6.45) is -1.23. The summed E-state index contributed by atoms with van der Waals surface area (Å²) in [6, 6.07) is 0.902. The lowest BCUT2D eigenvalue weighted by Gasteiger charge is -2.30. The summed E-state index contributed by atoms with van der Waals surface area (Å²) in [5.41, 5.74) is -0.830. The highest BCUT2D eigenvalue weighted by molar-refractivity contribution is 6.32. The molecule has 1 aromatic heterocycles. The molecule has 3 nitrogen and oxygen atoms in total. The zero-order valence-electron chi connectivity index (χ0n) is 11.9. The average molecular weight is 322 g/mol. The van der Waals surface area contributed by atoms with E-state index in [1.807, 2.05) is 0 Å². The van der Waals surface area contributed by atoms with Gasteiger partial charge >= 0.3 is 6.18 Å². The minimum absolute atomic E-state index is 0.00269. The lowest BCUT2D eigenvalue weighted by Crippen LogP contribution is -2.36. The van der Waals surface area contributed by atoms with Crippen LogP contribution in [0.3, 0.4) is 0 Å². The average Bonchev–Trinajstić information content (AvgIpc) is 2.41.